The molecule has 0 atom stereocenters. The molecule has 0 unspecified atom stereocenters. The third-order valence-corrected chi connectivity index (χ3v) is 5.04. The third kappa shape index (κ3) is 3.51. The van der Waals surface area contributed by atoms with Crippen LogP contribution in [0.1, 0.15) is 24.6 Å². The number of amides is 2. The number of nitrogens with zero attached hydrogens (tertiary/aromatic N) is 2. The van der Waals surface area contributed by atoms with Crippen molar-refractivity contribution in [2.45, 2.75) is 18.8 Å². The number of nitrogens with one attached hydrogen (secondary N) is 2. The summed E-state index contributed by atoms with van der Waals surface area (Å²) in [6, 6.07) is 6.36. The number of anilines is 2. The summed E-state index contributed by atoms with van der Waals surface area (Å²) < 4.78 is 10.6. The van der Waals surface area contributed by atoms with Crippen LogP contribution in [-0.2, 0) is 0 Å². The van der Waals surface area contributed by atoms with Gasteiger partial charge in [0.2, 0.25) is 0 Å². The first-order valence-electron chi connectivity index (χ1n) is 7.97. The molecule has 0 radical (unpaired) electrons. The number of carbonyl (C=O) groups is 1. The Kier molecular flexibility index (Phi) is 4.52. The van der Waals surface area contributed by atoms with E-state index in [0.29, 0.717) is 34.0 Å². The van der Waals surface area contributed by atoms with Crippen molar-refractivity contribution < 1.29 is 14.1 Å². The van der Waals surface area contributed by atoms with E-state index in [1.165, 1.54) is 18.4 Å². The maximum atomic E-state index is 12.4. The molecule has 2 amide bonds. The molecular weight excluding hydrogens is 376 g/mol. The van der Waals surface area contributed by atoms with Crippen LogP contribution in [-0.4, -0.2) is 23.3 Å². The van der Waals surface area contributed by atoms with Crippen molar-refractivity contribution >= 4 is 40.3 Å². The summed E-state index contributed by atoms with van der Waals surface area (Å²) in [4.78, 5) is 17.5. The highest BCUT2D eigenvalue weighted by atomic mass is 35.5. The van der Waals surface area contributed by atoms with Crippen LogP contribution in [0.3, 0.4) is 0 Å². The Labute approximate surface area is 158 Å². The fourth-order valence-corrected chi connectivity index (χ4v) is 3.40. The molecular formula is C17H15ClN4O3S. The first-order chi connectivity index (χ1) is 12.6. The number of methoxy groups -OCH3 is 1. The Hall–Kier alpha value is -2.58. The van der Waals surface area contributed by atoms with Crippen molar-refractivity contribution in [2.24, 2.45) is 0 Å². The number of halogens is 1. The molecule has 1 saturated carbocycles. The minimum absolute atomic E-state index is 0.405. The zero-order valence-electron chi connectivity index (χ0n) is 13.8. The van der Waals surface area contributed by atoms with Crippen LogP contribution < -0.4 is 15.4 Å². The number of aromatic nitrogens is 2. The van der Waals surface area contributed by atoms with E-state index in [9.17, 15) is 4.79 Å². The van der Waals surface area contributed by atoms with Crippen molar-refractivity contribution in [1.29, 1.82) is 0 Å². The van der Waals surface area contributed by atoms with Gasteiger partial charge in [-0.2, -0.15) is 4.98 Å². The smallest absolute Gasteiger partial charge is 0.323 e. The molecule has 4 rings (SSSR count). The maximum Gasteiger partial charge on any atom is 0.323 e. The molecule has 0 aliphatic heterocycles. The van der Waals surface area contributed by atoms with Gasteiger partial charge in [0.15, 0.2) is 5.82 Å². The van der Waals surface area contributed by atoms with E-state index in [-0.39, 0.29) is 0 Å². The second-order valence-corrected chi connectivity index (χ2v) is 7.17. The van der Waals surface area contributed by atoms with E-state index in [1.54, 1.807) is 24.3 Å². The highest BCUT2D eigenvalue weighted by molar-refractivity contribution is 7.14. The van der Waals surface area contributed by atoms with Crippen LogP contribution in [0.4, 0.5) is 16.2 Å². The summed E-state index contributed by atoms with van der Waals surface area (Å²) in [5, 5.41) is 11.9. The average Bonchev–Trinajstić information content (AvgIpc) is 3.17. The summed E-state index contributed by atoms with van der Waals surface area (Å²) >= 11 is 7.41. The lowest BCUT2D eigenvalue weighted by atomic mass is 10.3. The van der Waals surface area contributed by atoms with E-state index >= 15 is 0 Å². The van der Waals surface area contributed by atoms with Crippen molar-refractivity contribution in [3.05, 3.63) is 40.5 Å². The molecule has 2 heterocycles. The van der Waals surface area contributed by atoms with Crippen molar-refractivity contribution in [2.75, 3.05) is 17.7 Å². The van der Waals surface area contributed by atoms with Crippen molar-refractivity contribution in [1.82, 2.24) is 10.1 Å². The predicted molar refractivity (Wildman–Crippen MR) is 100 cm³/mol. The van der Waals surface area contributed by atoms with Gasteiger partial charge in [0, 0.05) is 10.9 Å². The van der Waals surface area contributed by atoms with Gasteiger partial charge in [0.1, 0.15) is 10.6 Å². The fraction of sp³-hybridized carbons (Fsp3) is 0.235. The first kappa shape index (κ1) is 16.9. The average molecular weight is 391 g/mol. The van der Waals surface area contributed by atoms with Crippen molar-refractivity contribution in [3.8, 4) is 16.5 Å². The minimum Gasteiger partial charge on any atom is -0.495 e. The molecule has 26 heavy (non-hydrogen) atoms. The molecule has 134 valence electrons. The Morgan fingerprint density at radius 3 is 2.88 bits per heavy atom. The van der Waals surface area contributed by atoms with Gasteiger partial charge in [-0.1, -0.05) is 16.8 Å². The number of rotatable bonds is 5. The van der Waals surface area contributed by atoms with Gasteiger partial charge in [-0.3, -0.25) is 0 Å². The van der Waals surface area contributed by atoms with E-state index in [4.69, 9.17) is 20.9 Å². The van der Waals surface area contributed by atoms with Crippen LogP contribution in [0.5, 0.6) is 5.75 Å². The number of hydrogen-bond acceptors (Lipinski definition) is 6. The first-order valence-corrected chi connectivity index (χ1v) is 9.23. The molecule has 1 aliphatic rings. The molecule has 0 spiro atoms. The van der Waals surface area contributed by atoms with Gasteiger partial charge < -0.3 is 19.9 Å². The van der Waals surface area contributed by atoms with Gasteiger partial charge in [0.25, 0.3) is 5.89 Å². The number of thiophene rings is 1. The second kappa shape index (κ2) is 6.97. The number of ether oxygens (including phenoxy) is 1. The molecule has 1 fully saturated rings. The highest BCUT2D eigenvalue weighted by Crippen LogP contribution is 2.40. The van der Waals surface area contributed by atoms with E-state index in [1.807, 2.05) is 5.38 Å². The Morgan fingerprint density at radius 1 is 1.31 bits per heavy atom. The number of urea groups is 1. The molecule has 0 saturated heterocycles. The molecule has 1 aliphatic carbocycles. The molecule has 1 aromatic carbocycles. The van der Waals surface area contributed by atoms with Crippen LogP contribution in [0.2, 0.25) is 5.02 Å². The van der Waals surface area contributed by atoms with Crippen LogP contribution in [0.15, 0.2) is 34.2 Å². The minimum atomic E-state index is -0.424. The molecule has 7 nitrogen and oxygen atoms in total. The van der Waals surface area contributed by atoms with E-state index < -0.39 is 6.03 Å². The Balaban J connectivity index is 1.50. The van der Waals surface area contributed by atoms with Gasteiger partial charge in [-0.05, 0) is 42.5 Å². The maximum absolute atomic E-state index is 12.4. The topological polar surface area (TPSA) is 89.3 Å². The molecule has 2 N–H and O–H groups in total. The zero-order valence-corrected chi connectivity index (χ0v) is 15.4. The second-order valence-electron chi connectivity index (χ2n) is 5.82. The quantitative estimate of drug-likeness (QED) is 0.641. The lowest BCUT2D eigenvalue weighted by Gasteiger charge is -2.11. The predicted octanol–water partition coefficient (Wildman–Crippen LogP) is 4.98. The summed E-state index contributed by atoms with van der Waals surface area (Å²) in [6.45, 7) is 0. The molecule has 3 aromatic rings. The fourth-order valence-electron chi connectivity index (χ4n) is 2.46. The molecule has 9 heteroatoms. The standard InChI is InChI=1S/C17H15ClN4O3S/c1-24-13-5-4-10(18)8-12(13)20-17(23)19-11-6-7-26-14(11)16-21-15(22-25-16)9-2-3-9/h4-9H,2-3H2,1H3,(H2,19,20,23). The Morgan fingerprint density at radius 2 is 2.12 bits per heavy atom. The summed E-state index contributed by atoms with van der Waals surface area (Å²) in [7, 11) is 1.52. The monoisotopic (exact) mass is 390 g/mol. The summed E-state index contributed by atoms with van der Waals surface area (Å²) in [6.07, 6.45) is 2.19. The normalized spacial score (nSPS) is 13.5. The van der Waals surface area contributed by atoms with E-state index in [2.05, 4.69) is 20.8 Å². The zero-order chi connectivity index (χ0) is 18.1. The van der Waals surface area contributed by atoms with Crippen LogP contribution >= 0.6 is 22.9 Å². The van der Waals surface area contributed by atoms with Gasteiger partial charge in [-0.15, -0.1) is 11.3 Å². The van der Waals surface area contributed by atoms with Gasteiger partial charge >= 0.3 is 6.03 Å². The van der Waals surface area contributed by atoms with Crippen LogP contribution in [0, 0.1) is 0 Å². The SMILES string of the molecule is COc1ccc(Cl)cc1NC(=O)Nc1ccsc1-c1nc(C2CC2)no1. The highest BCUT2D eigenvalue weighted by Gasteiger charge is 2.29. The Bertz CT molecular complexity index is 951. The van der Waals surface area contributed by atoms with Crippen LogP contribution in [0.25, 0.3) is 10.8 Å². The molecule has 0 bridgehead atoms. The van der Waals surface area contributed by atoms with E-state index in [0.717, 1.165) is 23.5 Å². The lowest BCUT2D eigenvalue weighted by molar-refractivity contribution is 0.262. The molecule has 2 aromatic heterocycles. The summed E-state index contributed by atoms with van der Waals surface area (Å²) in [5.41, 5.74) is 1.07. The summed E-state index contributed by atoms with van der Waals surface area (Å²) in [5.74, 6) is 2.06. The third-order valence-electron chi connectivity index (χ3n) is 3.90. The van der Waals surface area contributed by atoms with Gasteiger partial charge in [0.05, 0.1) is 18.5 Å². The lowest BCUT2D eigenvalue weighted by Crippen LogP contribution is -2.19. The van der Waals surface area contributed by atoms with Crippen molar-refractivity contribution in [3.63, 3.8) is 0 Å². The van der Waals surface area contributed by atoms with Gasteiger partial charge in [-0.25, -0.2) is 4.79 Å². The largest absolute Gasteiger partial charge is 0.495 e. The number of carbonyl (C=O) groups excluding carboxylic acids is 1. The number of hydrogen-bond donors (Lipinski definition) is 2. The number of benzene rings is 1.